The van der Waals surface area contributed by atoms with Gasteiger partial charge in [0, 0.05) is 16.2 Å². The lowest BCUT2D eigenvalue weighted by Crippen LogP contribution is -2.36. The van der Waals surface area contributed by atoms with Crippen LogP contribution in [0.4, 0.5) is 5.69 Å². The summed E-state index contributed by atoms with van der Waals surface area (Å²) in [6, 6.07) is 2.75. The zero-order chi connectivity index (χ0) is 14.8. The van der Waals surface area contributed by atoms with E-state index in [9.17, 15) is 8.42 Å². The molecule has 0 aliphatic rings. The molecule has 1 unspecified atom stereocenters. The monoisotopic (exact) mass is 350 g/mol. The number of nitrogens with one attached hydrogen (secondary N) is 1. The first-order valence-corrected chi connectivity index (χ1v) is 8.12. The summed E-state index contributed by atoms with van der Waals surface area (Å²) in [7, 11) is -2.24. The molecule has 0 bridgehead atoms. The van der Waals surface area contributed by atoms with Crippen LogP contribution in [0.1, 0.15) is 20.8 Å². The molecule has 0 fully saturated rings. The molecule has 19 heavy (non-hydrogen) atoms. The molecule has 0 spiro atoms. The number of ether oxygens (including phenoxy) is 1. The SMILES string of the molecule is COc1cc(Br)c(N)cc1S(=O)(=O)NC(C)C(C)C. The van der Waals surface area contributed by atoms with Crippen molar-refractivity contribution in [2.75, 3.05) is 12.8 Å². The number of hydrogen-bond acceptors (Lipinski definition) is 4. The number of rotatable bonds is 5. The van der Waals surface area contributed by atoms with E-state index in [1.54, 1.807) is 6.07 Å². The van der Waals surface area contributed by atoms with Crippen molar-refractivity contribution in [1.82, 2.24) is 4.72 Å². The van der Waals surface area contributed by atoms with Gasteiger partial charge in [-0.3, -0.25) is 0 Å². The maximum Gasteiger partial charge on any atom is 0.244 e. The van der Waals surface area contributed by atoms with Crippen LogP contribution >= 0.6 is 15.9 Å². The Balaban J connectivity index is 3.24. The average Bonchev–Trinajstić information content (AvgIpc) is 2.31. The highest BCUT2D eigenvalue weighted by atomic mass is 79.9. The van der Waals surface area contributed by atoms with Gasteiger partial charge in [-0.25, -0.2) is 13.1 Å². The summed E-state index contributed by atoms with van der Waals surface area (Å²) in [6.07, 6.45) is 0. The summed E-state index contributed by atoms with van der Waals surface area (Å²) in [4.78, 5) is 0.0446. The molecule has 0 saturated heterocycles. The fourth-order valence-electron chi connectivity index (χ4n) is 1.36. The molecule has 1 atom stereocenters. The minimum absolute atomic E-state index is 0.0446. The van der Waals surface area contributed by atoms with Crippen LogP contribution in [0.15, 0.2) is 21.5 Å². The number of sulfonamides is 1. The van der Waals surface area contributed by atoms with Gasteiger partial charge in [0.1, 0.15) is 10.6 Å². The number of anilines is 1. The Labute approximate surface area is 122 Å². The van der Waals surface area contributed by atoms with Gasteiger partial charge in [0.05, 0.1) is 7.11 Å². The van der Waals surface area contributed by atoms with Crippen molar-refractivity contribution in [3.05, 3.63) is 16.6 Å². The Morgan fingerprint density at radius 1 is 1.32 bits per heavy atom. The van der Waals surface area contributed by atoms with E-state index in [-0.39, 0.29) is 22.6 Å². The highest BCUT2D eigenvalue weighted by Crippen LogP contribution is 2.32. The van der Waals surface area contributed by atoms with Crippen molar-refractivity contribution in [1.29, 1.82) is 0 Å². The molecule has 0 aliphatic heterocycles. The van der Waals surface area contributed by atoms with Gasteiger partial charge in [0.25, 0.3) is 0 Å². The van der Waals surface area contributed by atoms with Crippen LogP contribution in [0.3, 0.4) is 0 Å². The normalized spacial score (nSPS) is 13.6. The van der Waals surface area contributed by atoms with E-state index in [1.807, 2.05) is 20.8 Å². The van der Waals surface area contributed by atoms with Crippen LogP contribution in [0.5, 0.6) is 5.75 Å². The van der Waals surface area contributed by atoms with E-state index >= 15 is 0 Å². The number of hydrogen-bond donors (Lipinski definition) is 2. The lowest BCUT2D eigenvalue weighted by atomic mass is 10.1. The maximum absolute atomic E-state index is 12.3. The quantitative estimate of drug-likeness (QED) is 0.798. The summed E-state index contributed by atoms with van der Waals surface area (Å²) in [6.45, 7) is 5.71. The second kappa shape index (κ2) is 6.11. The Bertz CT molecular complexity index is 558. The summed E-state index contributed by atoms with van der Waals surface area (Å²) in [5.74, 6) is 0.443. The van der Waals surface area contributed by atoms with E-state index in [0.29, 0.717) is 10.2 Å². The van der Waals surface area contributed by atoms with Gasteiger partial charge in [0.2, 0.25) is 10.0 Å². The third kappa shape index (κ3) is 3.84. The lowest BCUT2D eigenvalue weighted by Gasteiger charge is -2.19. The van der Waals surface area contributed by atoms with Crippen molar-refractivity contribution in [2.45, 2.75) is 31.7 Å². The number of nitrogen functional groups attached to an aromatic ring is 1. The van der Waals surface area contributed by atoms with Crippen LogP contribution in [0.25, 0.3) is 0 Å². The molecule has 1 aromatic rings. The minimum atomic E-state index is -3.66. The number of methoxy groups -OCH3 is 1. The first-order chi connectivity index (χ1) is 8.69. The summed E-state index contributed by atoms with van der Waals surface area (Å²) < 4.78 is 33.0. The van der Waals surface area contributed by atoms with Gasteiger partial charge >= 0.3 is 0 Å². The third-order valence-electron chi connectivity index (χ3n) is 2.91. The zero-order valence-electron chi connectivity index (χ0n) is 11.4. The Kier molecular flexibility index (Phi) is 5.23. The lowest BCUT2D eigenvalue weighted by molar-refractivity contribution is 0.401. The van der Waals surface area contributed by atoms with Crippen LogP contribution in [0, 0.1) is 5.92 Å². The predicted molar refractivity (Wildman–Crippen MR) is 79.7 cm³/mol. The molecule has 7 heteroatoms. The van der Waals surface area contributed by atoms with Crippen LogP contribution < -0.4 is 15.2 Å². The van der Waals surface area contributed by atoms with Gasteiger partial charge in [0.15, 0.2) is 0 Å². The first-order valence-electron chi connectivity index (χ1n) is 5.84. The van der Waals surface area contributed by atoms with E-state index in [0.717, 1.165) is 0 Å². The van der Waals surface area contributed by atoms with Crippen LogP contribution in [0.2, 0.25) is 0 Å². The second-order valence-corrected chi connectivity index (χ2v) is 7.22. The Morgan fingerprint density at radius 3 is 2.37 bits per heavy atom. The van der Waals surface area contributed by atoms with Crippen molar-refractivity contribution in [2.24, 2.45) is 5.92 Å². The third-order valence-corrected chi connectivity index (χ3v) is 5.18. The standard InChI is InChI=1S/C12H19BrN2O3S/c1-7(2)8(3)15-19(16,17)12-6-10(14)9(13)5-11(12)18-4/h5-8,15H,14H2,1-4H3. The van der Waals surface area contributed by atoms with Crippen molar-refractivity contribution < 1.29 is 13.2 Å². The molecule has 0 aromatic heterocycles. The van der Waals surface area contributed by atoms with Crippen molar-refractivity contribution in [3.63, 3.8) is 0 Å². The van der Waals surface area contributed by atoms with Crippen molar-refractivity contribution >= 4 is 31.6 Å². The predicted octanol–water partition coefficient (Wildman–Crippen LogP) is 2.36. The molecular weight excluding hydrogens is 332 g/mol. The van der Waals surface area contributed by atoms with E-state index in [4.69, 9.17) is 10.5 Å². The largest absolute Gasteiger partial charge is 0.495 e. The highest BCUT2D eigenvalue weighted by molar-refractivity contribution is 9.10. The smallest absolute Gasteiger partial charge is 0.244 e. The zero-order valence-corrected chi connectivity index (χ0v) is 13.8. The Hall–Kier alpha value is -0.790. The molecule has 0 aliphatic carbocycles. The molecule has 0 heterocycles. The Morgan fingerprint density at radius 2 is 1.89 bits per heavy atom. The fraction of sp³-hybridized carbons (Fsp3) is 0.500. The van der Waals surface area contributed by atoms with Gasteiger partial charge in [-0.1, -0.05) is 13.8 Å². The van der Waals surface area contributed by atoms with E-state index < -0.39 is 10.0 Å². The van der Waals surface area contributed by atoms with Crippen LogP contribution in [-0.2, 0) is 10.0 Å². The van der Waals surface area contributed by atoms with Gasteiger partial charge in [-0.15, -0.1) is 0 Å². The fourth-order valence-corrected chi connectivity index (χ4v) is 3.26. The summed E-state index contributed by atoms with van der Waals surface area (Å²) in [5.41, 5.74) is 6.08. The van der Waals surface area contributed by atoms with Gasteiger partial charge in [-0.2, -0.15) is 0 Å². The average molecular weight is 351 g/mol. The molecule has 108 valence electrons. The number of halogens is 1. The molecule has 5 nitrogen and oxygen atoms in total. The molecule has 0 saturated carbocycles. The second-order valence-electron chi connectivity index (χ2n) is 4.68. The molecule has 1 rings (SSSR count). The van der Waals surface area contributed by atoms with Crippen molar-refractivity contribution in [3.8, 4) is 5.75 Å². The topological polar surface area (TPSA) is 81.4 Å². The summed E-state index contributed by atoms with van der Waals surface area (Å²) in [5, 5.41) is 0. The molecule has 3 N–H and O–H groups in total. The van der Waals surface area contributed by atoms with Gasteiger partial charge in [-0.05, 0) is 40.9 Å². The van der Waals surface area contributed by atoms with E-state index in [1.165, 1.54) is 13.2 Å². The van der Waals surface area contributed by atoms with Crippen LogP contribution in [-0.4, -0.2) is 21.6 Å². The maximum atomic E-state index is 12.3. The molecular formula is C12H19BrN2O3S. The first kappa shape index (κ1) is 16.3. The number of benzene rings is 1. The molecule has 0 radical (unpaired) electrons. The minimum Gasteiger partial charge on any atom is -0.495 e. The molecule has 0 amide bonds. The van der Waals surface area contributed by atoms with E-state index in [2.05, 4.69) is 20.7 Å². The highest BCUT2D eigenvalue weighted by Gasteiger charge is 2.24. The van der Waals surface area contributed by atoms with Gasteiger partial charge < -0.3 is 10.5 Å². The molecule has 1 aromatic carbocycles. The summed E-state index contributed by atoms with van der Waals surface area (Å²) >= 11 is 3.24. The number of nitrogens with two attached hydrogens (primary N) is 1.